The van der Waals surface area contributed by atoms with E-state index < -0.39 is 11.8 Å². The van der Waals surface area contributed by atoms with Crippen LogP contribution >= 0.6 is 0 Å². The van der Waals surface area contributed by atoms with Crippen LogP contribution in [0.2, 0.25) is 0 Å². The quantitative estimate of drug-likeness (QED) is 0.522. The summed E-state index contributed by atoms with van der Waals surface area (Å²) in [6.07, 6.45) is -1.61. The number of ether oxygens (including phenoxy) is 1. The molecule has 1 N–H and O–H groups in total. The lowest BCUT2D eigenvalue weighted by Gasteiger charge is -2.21. The molecule has 54 valence electrons. The second kappa shape index (κ2) is 1.92. The largest absolute Gasteiger partial charge is 0.384 e. The molecule has 3 heteroatoms. The third kappa shape index (κ3) is 0.946. The summed E-state index contributed by atoms with van der Waals surface area (Å²) < 4.78 is 17.4. The van der Waals surface area contributed by atoms with Crippen LogP contribution < -0.4 is 0 Å². The zero-order chi connectivity index (χ0) is 7.07. The van der Waals surface area contributed by atoms with E-state index >= 15 is 0 Å². The van der Waals surface area contributed by atoms with Gasteiger partial charge in [0.15, 0.2) is 6.17 Å². The highest BCUT2D eigenvalue weighted by atomic mass is 19.1. The van der Waals surface area contributed by atoms with Crippen molar-refractivity contribution >= 4 is 0 Å². The maximum absolute atomic E-state index is 12.6. The van der Waals surface area contributed by atoms with Gasteiger partial charge in [-0.3, -0.25) is 0 Å². The van der Waals surface area contributed by atoms with Gasteiger partial charge < -0.3 is 9.84 Å². The van der Waals surface area contributed by atoms with Gasteiger partial charge in [0.1, 0.15) is 5.60 Å². The monoisotopic (exact) mass is 134 g/mol. The molecule has 0 aromatic heterocycles. The summed E-state index contributed by atoms with van der Waals surface area (Å²) in [6, 6.07) is 0. The van der Waals surface area contributed by atoms with Crippen LogP contribution in [-0.2, 0) is 4.74 Å². The van der Waals surface area contributed by atoms with Crippen LogP contribution in [0.15, 0.2) is 0 Å². The summed E-state index contributed by atoms with van der Waals surface area (Å²) in [6.45, 7) is 3.14. The van der Waals surface area contributed by atoms with Crippen LogP contribution in [-0.4, -0.2) is 29.6 Å². The molecule has 9 heavy (non-hydrogen) atoms. The number of aliphatic hydroxyl groups is 1. The second-order valence-corrected chi connectivity index (χ2v) is 2.67. The number of halogens is 1. The highest BCUT2D eigenvalue weighted by molar-refractivity contribution is 4.93. The molecule has 0 amide bonds. The molecule has 0 aromatic rings. The summed E-state index contributed by atoms with van der Waals surface area (Å²) >= 11 is 0. The van der Waals surface area contributed by atoms with Gasteiger partial charge in [0.2, 0.25) is 0 Å². The van der Waals surface area contributed by atoms with Gasteiger partial charge in [0, 0.05) is 0 Å². The van der Waals surface area contributed by atoms with E-state index in [1.807, 2.05) is 0 Å². The second-order valence-electron chi connectivity index (χ2n) is 2.67. The first-order valence-electron chi connectivity index (χ1n) is 3.03. The van der Waals surface area contributed by atoms with Crippen molar-refractivity contribution in [3.05, 3.63) is 0 Å². The van der Waals surface area contributed by atoms with Gasteiger partial charge in [-0.25, -0.2) is 4.39 Å². The highest BCUT2D eigenvalue weighted by Gasteiger charge is 2.44. The Bertz CT molecular complexity index is 102. The van der Waals surface area contributed by atoms with E-state index in [4.69, 9.17) is 4.74 Å². The van der Waals surface area contributed by atoms with E-state index in [0.29, 0.717) is 0 Å². The van der Waals surface area contributed by atoms with Gasteiger partial charge in [0.25, 0.3) is 0 Å². The first-order chi connectivity index (χ1) is 4.05. The molecule has 3 atom stereocenters. The summed E-state index contributed by atoms with van der Waals surface area (Å²) in [5, 5.41) is 9.23. The van der Waals surface area contributed by atoms with Crippen molar-refractivity contribution in [2.24, 2.45) is 0 Å². The van der Waals surface area contributed by atoms with Gasteiger partial charge in [-0.15, -0.1) is 0 Å². The summed E-state index contributed by atoms with van der Waals surface area (Å²) in [7, 11) is 0. The zero-order valence-electron chi connectivity index (χ0n) is 5.60. The number of hydrogen-bond donors (Lipinski definition) is 1. The Morgan fingerprint density at radius 1 is 1.78 bits per heavy atom. The van der Waals surface area contributed by atoms with Crippen molar-refractivity contribution in [2.75, 3.05) is 6.61 Å². The number of alkyl halides is 1. The molecule has 1 aliphatic heterocycles. The normalized spacial score (nSPS) is 52.0. The Kier molecular flexibility index (Phi) is 1.49. The fourth-order valence-electron chi connectivity index (χ4n) is 0.821. The van der Waals surface area contributed by atoms with Gasteiger partial charge in [-0.1, -0.05) is 0 Å². The number of hydrogen-bond acceptors (Lipinski definition) is 2. The lowest BCUT2D eigenvalue weighted by Crippen LogP contribution is -2.40. The first-order valence-corrected chi connectivity index (χ1v) is 3.03. The van der Waals surface area contributed by atoms with Gasteiger partial charge in [-0.05, 0) is 13.8 Å². The third-order valence-corrected chi connectivity index (χ3v) is 1.95. The predicted molar refractivity (Wildman–Crippen MR) is 30.9 cm³/mol. The van der Waals surface area contributed by atoms with Crippen LogP contribution in [0.4, 0.5) is 4.39 Å². The number of rotatable bonds is 0. The molecule has 0 spiro atoms. The maximum Gasteiger partial charge on any atom is 0.154 e. The zero-order valence-corrected chi connectivity index (χ0v) is 5.60. The molecular formula is C6H11FO2. The minimum atomic E-state index is -1.28. The van der Waals surface area contributed by atoms with E-state index in [1.54, 1.807) is 6.92 Å². The Morgan fingerprint density at radius 2 is 2.33 bits per heavy atom. The van der Waals surface area contributed by atoms with Gasteiger partial charge in [-0.2, -0.15) is 0 Å². The van der Waals surface area contributed by atoms with E-state index in [9.17, 15) is 9.50 Å². The molecular weight excluding hydrogens is 123 g/mol. The SMILES string of the molecule is CC1OCC(F)C1(C)O. The van der Waals surface area contributed by atoms with Crippen LogP contribution in [0.5, 0.6) is 0 Å². The lowest BCUT2D eigenvalue weighted by atomic mass is 9.98. The summed E-state index contributed by atoms with van der Waals surface area (Å²) in [4.78, 5) is 0. The van der Waals surface area contributed by atoms with E-state index in [2.05, 4.69) is 0 Å². The molecule has 0 saturated carbocycles. The smallest absolute Gasteiger partial charge is 0.154 e. The van der Waals surface area contributed by atoms with Gasteiger partial charge >= 0.3 is 0 Å². The van der Waals surface area contributed by atoms with E-state index in [1.165, 1.54) is 6.92 Å². The molecule has 1 aliphatic rings. The minimum absolute atomic E-state index is 0.0220. The average Bonchev–Trinajstić information content (AvgIpc) is 1.96. The average molecular weight is 134 g/mol. The molecule has 2 nitrogen and oxygen atoms in total. The standard InChI is InChI=1S/C6H11FO2/c1-4-6(2,8)5(7)3-9-4/h4-5,8H,3H2,1-2H3. The summed E-state index contributed by atoms with van der Waals surface area (Å²) in [5.74, 6) is 0. The van der Waals surface area contributed by atoms with Crippen LogP contribution in [0.25, 0.3) is 0 Å². The Labute approximate surface area is 53.6 Å². The topological polar surface area (TPSA) is 29.5 Å². The molecule has 1 rings (SSSR count). The van der Waals surface area contributed by atoms with Crippen LogP contribution in [0, 0.1) is 0 Å². The van der Waals surface area contributed by atoms with Crippen molar-refractivity contribution in [2.45, 2.75) is 31.7 Å². The lowest BCUT2D eigenvalue weighted by molar-refractivity contribution is -0.0351. The molecule has 1 fully saturated rings. The van der Waals surface area contributed by atoms with Crippen LogP contribution in [0.3, 0.4) is 0 Å². The molecule has 0 radical (unpaired) electrons. The fourth-order valence-corrected chi connectivity index (χ4v) is 0.821. The highest BCUT2D eigenvalue weighted by Crippen LogP contribution is 2.27. The third-order valence-electron chi connectivity index (χ3n) is 1.95. The molecule has 0 aliphatic carbocycles. The first kappa shape index (κ1) is 6.96. The Morgan fingerprint density at radius 3 is 2.44 bits per heavy atom. The summed E-state index contributed by atoms with van der Waals surface area (Å²) in [5.41, 5.74) is -1.28. The van der Waals surface area contributed by atoms with Crippen molar-refractivity contribution in [3.8, 4) is 0 Å². The van der Waals surface area contributed by atoms with Crippen LogP contribution in [0.1, 0.15) is 13.8 Å². The van der Waals surface area contributed by atoms with E-state index in [0.717, 1.165) is 0 Å². The Balaban J connectivity index is 2.66. The van der Waals surface area contributed by atoms with Crippen molar-refractivity contribution < 1.29 is 14.2 Å². The van der Waals surface area contributed by atoms with Crippen molar-refractivity contribution in [1.82, 2.24) is 0 Å². The maximum atomic E-state index is 12.6. The predicted octanol–water partition coefficient (Wildman–Crippen LogP) is 0.494. The van der Waals surface area contributed by atoms with Crippen molar-refractivity contribution in [3.63, 3.8) is 0 Å². The molecule has 1 saturated heterocycles. The minimum Gasteiger partial charge on any atom is -0.384 e. The fraction of sp³-hybridized carbons (Fsp3) is 1.00. The Hall–Kier alpha value is -0.150. The molecule has 0 aromatic carbocycles. The molecule has 1 heterocycles. The van der Waals surface area contributed by atoms with Crippen molar-refractivity contribution in [1.29, 1.82) is 0 Å². The van der Waals surface area contributed by atoms with Gasteiger partial charge in [0.05, 0.1) is 12.7 Å². The molecule has 0 bridgehead atoms. The van der Waals surface area contributed by atoms with E-state index in [-0.39, 0.29) is 12.7 Å². The molecule has 3 unspecified atom stereocenters.